The number of nitrogens with zero attached hydrogens (tertiary/aromatic N) is 3. The molecule has 0 aliphatic heterocycles. The van der Waals surface area contributed by atoms with Crippen LogP contribution >= 0.6 is 0 Å². The second kappa shape index (κ2) is 14.7. The summed E-state index contributed by atoms with van der Waals surface area (Å²) >= 11 is 0. The van der Waals surface area contributed by atoms with E-state index in [-0.39, 0.29) is 24.8 Å². The Bertz CT molecular complexity index is 1700. The third kappa shape index (κ3) is 7.76. The highest BCUT2D eigenvalue weighted by molar-refractivity contribution is 6.76. The van der Waals surface area contributed by atoms with E-state index in [0.29, 0.717) is 17.5 Å². The van der Waals surface area contributed by atoms with Gasteiger partial charge in [0.1, 0.15) is 19.4 Å². The molecule has 0 radical (unpaired) electrons. The minimum atomic E-state index is -1.27. The lowest BCUT2D eigenvalue weighted by Gasteiger charge is -2.39. The molecule has 1 heterocycles. The molecule has 47 heavy (non-hydrogen) atoms. The third-order valence-corrected chi connectivity index (χ3v) is 9.74. The number of methoxy groups -OCH3 is 1. The zero-order valence-corrected chi connectivity index (χ0v) is 28.1. The monoisotopic (exact) mass is 652 g/mol. The smallest absolute Gasteiger partial charge is 0.326 e. The number of fused-ring (bicyclic) bond motifs is 1. The molecule has 1 atom stereocenters. The van der Waals surface area contributed by atoms with Crippen LogP contribution < -0.4 is 10.1 Å². The van der Waals surface area contributed by atoms with Crippen molar-refractivity contribution < 1.29 is 23.9 Å². The van der Waals surface area contributed by atoms with E-state index in [4.69, 9.17) is 14.2 Å². The van der Waals surface area contributed by atoms with Gasteiger partial charge in [0.15, 0.2) is 5.75 Å². The topological polar surface area (TPSA) is 118 Å². The van der Waals surface area contributed by atoms with Gasteiger partial charge in [0.25, 0.3) is 0 Å². The van der Waals surface area contributed by atoms with Crippen LogP contribution in [0.3, 0.4) is 0 Å². The summed E-state index contributed by atoms with van der Waals surface area (Å²) in [6.07, 6.45) is 1.57. The molecule has 11 heteroatoms. The fourth-order valence-electron chi connectivity index (χ4n) is 5.55. The van der Waals surface area contributed by atoms with Crippen molar-refractivity contribution in [2.24, 2.45) is 0 Å². The lowest BCUT2D eigenvalue weighted by atomic mass is 9.76. The van der Waals surface area contributed by atoms with Crippen molar-refractivity contribution in [3.63, 3.8) is 0 Å². The lowest BCUT2D eigenvalue weighted by Crippen LogP contribution is -2.55. The predicted molar refractivity (Wildman–Crippen MR) is 184 cm³/mol. The molecule has 0 aliphatic rings. The minimum absolute atomic E-state index is 0.00628. The number of esters is 1. The average molecular weight is 653 g/mol. The number of ether oxygens (including phenoxy) is 3. The number of nitrogens with one attached hydrogen (secondary N) is 1. The van der Waals surface area contributed by atoms with E-state index in [1.807, 2.05) is 91.0 Å². The first-order valence-corrected chi connectivity index (χ1v) is 19.2. The Hall–Kier alpha value is -4.84. The summed E-state index contributed by atoms with van der Waals surface area (Å²) in [4.78, 5) is 25.1. The van der Waals surface area contributed by atoms with E-state index in [2.05, 4.69) is 30.1 Å². The van der Waals surface area contributed by atoms with Crippen LogP contribution in [0.1, 0.15) is 16.7 Å². The molecule has 5 rings (SSSR count). The van der Waals surface area contributed by atoms with Gasteiger partial charge in [0, 0.05) is 32.2 Å². The van der Waals surface area contributed by atoms with E-state index in [9.17, 15) is 14.9 Å². The number of hydrogen-bond acceptors (Lipinski definition) is 8. The van der Waals surface area contributed by atoms with Crippen LogP contribution in [0.2, 0.25) is 25.7 Å². The molecule has 0 aliphatic carbocycles. The Balaban J connectivity index is 1.51. The molecule has 0 fully saturated rings. The molecular formula is C36H40N4O6Si. The Kier molecular flexibility index (Phi) is 10.5. The highest BCUT2D eigenvalue weighted by Gasteiger charge is 2.40. The van der Waals surface area contributed by atoms with Gasteiger partial charge in [0.2, 0.25) is 0 Å². The Labute approximate surface area is 275 Å². The summed E-state index contributed by atoms with van der Waals surface area (Å²) in [6, 6.07) is 32.4. The maximum atomic E-state index is 13.4. The summed E-state index contributed by atoms with van der Waals surface area (Å²) in [5.41, 5.74) is 2.03. The van der Waals surface area contributed by atoms with Crippen LogP contribution in [-0.2, 0) is 26.5 Å². The second-order valence-electron chi connectivity index (χ2n) is 12.5. The molecule has 0 saturated carbocycles. The zero-order chi connectivity index (χ0) is 33.4. The lowest BCUT2D eigenvalue weighted by molar-refractivity contribution is -0.385. The van der Waals surface area contributed by atoms with Crippen molar-refractivity contribution in [3.05, 3.63) is 136 Å². The van der Waals surface area contributed by atoms with Gasteiger partial charge in [-0.2, -0.15) is 5.10 Å². The molecule has 244 valence electrons. The Morgan fingerprint density at radius 1 is 0.936 bits per heavy atom. The number of hydrogen-bond donors (Lipinski definition) is 1. The fraction of sp³-hybridized carbons (Fsp3) is 0.278. The van der Waals surface area contributed by atoms with E-state index in [0.717, 1.165) is 22.7 Å². The number of carbonyl (C=O) groups is 1. The third-order valence-electron chi connectivity index (χ3n) is 8.03. The Morgan fingerprint density at radius 3 is 1.98 bits per heavy atom. The summed E-state index contributed by atoms with van der Waals surface area (Å²) in [5, 5.41) is 20.7. The summed E-state index contributed by atoms with van der Waals surface area (Å²) < 4.78 is 18.9. The highest BCUT2D eigenvalue weighted by Crippen LogP contribution is 2.38. The first kappa shape index (κ1) is 33.5. The van der Waals surface area contributed by atoms with Crippen LogP contribution in [-0.4, -0.2) is 55.1 Å². The van der Waals surface area contributed by atoms with Gasteiger partial charge in [0.05, 0.1) is 29.3 Å². The quantitative estimate of drug-likeness (QED) is 0.0329. The van der Waals surface area contributed by atoms with Crippen molar-refractivity contribution in [1.82, 2.24) is 15.1 Å². The van der Waals surface area contributed by atoms with Crippen LogP contribution in [0.5, 0.6) is 5.75 Å². The molecule has 4 aromatic carbocycles. The largest absolute Gasteiger partial charge is 0.484 e. The fourth-order valence-corrected chi connectivity index (χ4v) is 6.30. The Morgan fingerprint density at radius 2 is 1.49 bits per heavy atom. The number of nitro groups is 1. The summed E-state index contributed by atoms with van der Waals surface area (Å²) in [7, 11) is 0.0350. The highest BCUT2D eigenvalue weighted by atomic mass is 28.3. The molecule has 5 aromatic rings. The zero-order valence-electron chi connectivity index (χ0n) is 27.1. The number of carbonyl (C=O) groups excluding carboxylic acids is 1. The van der Waals surface area contributed by atoms with Crippen molar-refractivity contribution >= 4 is 30.6 Å². The molecular weight excluding hydrogens is 613 g/mol. The molecule has 0 bridgehead atoms. The molecule has 1 unspecified atom stereocenters. The maximum Gasteiger partial charge on any atom is 0.326 e. The van der Waals surface area contributed by atoms with Crippen LogP contribution in [0.25, 0.3) is 10.9 Å². The van der Waals surface area contributed by atoms with Gasteiger partial charge < -0.3 is 14.2 Å². The molecule has 1 N–H and O–H groups in total. The molecule has 0 saturated heterocycles. The van der Waals surface area contributed by atoms with E-state index in [1.165, 1.54) is 13.2 Å². The number of benzene rings is 4. The van der Waals surface area contributed by atoms with Gasteiger partial charge in [-0.25, -0.2) is 4.68 Å². The second-order valence-corrected chi connectivity index (χ2v) is 18.1. The van der Waals surface area contributed by atoms with Crippen molar-refractivity contribution in [2.75, 3.05) is 20.3 Å². The number of nitro benzene ring substituents is 1. The molecule has 10 nitrogen and oxygen atoms in total. The van der Waals surface area contributed by atoms with Gasteiger partial charge >= 0.3 is 11.7 Å². The average Bonchev–Trinajstić information content (AvgIpc) is 3.48. The number of rotatable bonds is 15. The van der Waals surface area contributed by atoms with Gasteiger partial charge in [-0.1, -0.05) is 111 Å². The molecule has 1 aromatic heterocycles. The molecule has 0 spiro atoms. The standard InChI is InChI=1S/C36H40N4O6Si/c1-44-35(41)31(38-36(28-14-8-5-9-15-28,29-16-10-6-11-17-29)30-18-12-7-13-19-30)25-46-34-23-32-27(22-33(34)40(42)43)24-37-39(32)26-45-20-21-47(2,3)4/h5-19,22-24,31,38H,20-21,25-26H2,1-4H3. The normalized spacial score (nSPS) is 12.5. The van der Waals surface area contributed by atoms with E-state index >= 15 is 0 Å². The van der Waals surface area contributed by atoms with Crippen molar-refractivity contribution in [1.29, 1.82) is 0 Å². The van der Waals surface area contributed by atoms with E-state index < -0.39 is 30.5 Å². The predicted octanol–water partition coefficient (Wildman–Crippen LogP) is 6.76. The maximum absolute atomic E-state index is 13.4. The number of aromatic nitrogens is 2. The van der Waals surface area contributed by atoms with Gasteiger partial charge in [-0.15, -0.1) is 0 Å². The van der Waals surface area contributed by atoms with Crippen LogP contribution in [0.4, 0.5) is 5.69 Å². The molecule has 0 amide bonds. The van der Waals surface area contributed by atoms with Crippen LogP contribution in [0, 0.1) is 10.1 Å². The first-order chi connectivity index (χ1) is 22.6. The van der Waals surface area contributed by atoms with Gasteiger partial charge in [-0.05, 0) is 22.7 Å². The van der Waals surface area contributed by atoms with Crippen LogP contribution in [0.15, 0.2) is 109 Å². The van der Waals surface area contributed by atoms with Crippen molar-refractivity contribution in [2.45, 2.75) is 44.0 Å². The summed E-state index contributed by atoms with van der Waals surface area (Å²) in [6.45, 7) is 7.39. The first-order valence-electron chi connectivity index (χ1n) is 15.5. The van der Waals surface area contributed by atoms with E-state index in [1.54, 1.807) is 16.9 Å². The van der Waals surface area contributed by atoms with Crippen molar-refractivity contribution in [3.8, 4) is 5.75 Å². The summed E-state index contributed by atoms with van der Waals surface area (Å²) in [5.74, 6) is -0.575. The van der Waals surface area contributed by atoms with Gasteiger partial charge in [-0.3, -0.25) is 20.2 Å². The SMILES string of the molecule is COC(=O)C(COc1cc2c(cnn2COCC[Si](C)(C)C)cc1[N+](=O)[O-])NC(c1ccccc1)(c1ccccc1)c1ccccc1. The minimum Gasteiger partial charge on any atom is -0.484 e.